The largest absolute Gasteiger partial charge is 0.306 e. The Hall–Kier alpha value is -1.05. The van der Waals surface area contributed by atoms with Gasteiger partial charge in [0.25, 0.3) is 0 Å². The summed E-state index contributed by atoms with van der Waals surface area (Å²) < 4.78 is 0. The summed E-state index contributed by atoms with van der Waals surface area (Å²) in [5.74, 6) is 0.720. The maximum Gasteiger partial charge on any atom is 0.0406 e. The van der Waals surface area contributed by atoms with Gasteiger partial charge in [-0.2, -0.15) is 0 Å². The van der Waals surface area contributed by atoms with Gasteiger partial charge in [-0.3, -0.25) is 0 Å². The minimum absolute atomic E-state index is 0.193. The van der Waals surface area contributed by atoms with E-state index in [1.807, 2.05) is 0 Å². The predicted molar refractivity (Wildman–Crippen MR) is 78.1 cm³/mol. The van der Waals surface area contributed by atoms with Crippen LogP contribution in [-0.2, 0) is 6.54 Å². The minimum Gasteiger partial charge on any atom is -0.306 e. The highest BCUT2D eigenvalue weighted by Gasteiger charge is 2.35. The molecule has 1 aliphatic carbocycles. The summed E-state index contributed by atoms with van der Waals surface area (Å²) >= 11 is 6.08. The molecule has 0 heterocycles. The maximum absolute atomic E-state index is 6.08. The Balaban J connectivity index is 1.82. The van der Waals surface area contributed by atoms with Crippen LogP contribution in [0, 0.1) is 0 Å². The predicted octanol–water partition coefficient (Wildman–Crippen LogP) is 4.09. The summed E-state index contributed by atoms with van der Waals surface area (Å²) in [6, 6.07) is 15.1. The highest BCUT2D eigenvalue weighted by Crippen LogP contribution is 2.33. The van der Waals surface area contributed by atoms with Gasteiger partial charge in [0.05, 0.1) is 0 Å². The highest BCUT2D eigenvalue weighted by atomic mass is 35.5. The Kier molecular flexibility index (Phi) is 3.27. The van der Waals surface area contributed by atoms with Gasteiger partial charge >= 0.3 is 0 Å². The van der Waals surface area contributed by atoms with E-state index in [4.69, 9.17) is 11.6 Å². The van der Waals surface area contributed by atoms with Crippen molar-refractivity contribution in [3.05, 3.63) is 48.0 Å². The highest BCUT2D eigenvalue weighted by molar-refractivity contribution is 6.18. The van der Waals surface area contributed by atoms with Crippen LogP contribution in [-0.4, -0.2) is 11.4 Å². The van der Waals surface area contributed by atoms with Crippen molar-refractivity contribution in [1.29, 1.82) is 0 Å². The second-order valence-corrected chi connectivity index (χ2v) is 5.53. The average Bonchev–Trinajstić information content (AvgIpc) is 2.38. The Morgan fingerprint density at radius 2 is 1.83 bits per heavy atom. The molecule has 0 aromatic heterocycles. The number of rotatable bonds is 4. The second kappa shape index (κ2) is 4.91. The minimum atomic E-state index is 0.193. The van der Waals surface area contributed by atoms with Gasteiger partial charge in [0, 0.05) is 18.0 Å². The van der Waals surface area contributed by atoms with E-state index in [-0.39, 0.29) is 5.54 Å². The lowest BCUT2D eigenvalue weighted by atomic mass is 9.78. The summed E-state index contributed by atoms with van der Waals surface area (Å²) in [4.78, 5) is 0. The van der Waals surface area contributed by atoms with Gasteiger partial charge in [-0.05, 0) is 35.6 Å². The lowest BCUT2D eigenvalue weighted by Gasteiger charge is -2.41. The number of benzene rings is 2. The summed E-state index contributed by atoms with van der Waals surface area (Å²) in [6.07, 6.45) is 3.72. The van der Waals surface area contributed by atoms with Crippen LogP contribution in [0.25, 0.3) is 10.8 Å². The third-order valence-corrected chi connectivity index (χ3v) is 4.61. The van der Waals surface area contributed by atoms with E-state index in [9.17, 15) is 0 Å². The molecule has 2 heteroatoms. The number of fused-ring (bicyclic) bond motifs is 1. The van der Waals surface area contributed by atoms with Gasteiger partial charge < -0.3 is 5.32 Å². The van der Waals surface area contributed by atoms with E-state index >= 15 is 0 Å². The van der Waals surface area contributed by atoms with Crippen LogP contribution < -0.4 is 5.32 Å². The number of nitrogens with one attached hydrogen (secondary N) is 1. The molecule has 1 N–H and O–H groups in total. The quantitative estimate of drug-likeness (QED) is 0.816. The molecule has 94 valence electrons. The maximum atomic E-state index is 6.08. The number of halogens is 1. The van der Waals surface area contributed by atoms with Crippen LogP contribution in [0.1, 0.15) is 24.8 Å². The van der Waals surface area contributed by atoms with Gasteiger partial charge in [-0.1, -0.05) is 42.5 Å². The third-order valence-electron chi connectivity index (χ3n) is 4.10. The lowest BCUT2D eigenvalue weighted by molar-refractivity contribution is 0.211. The van der Waals surface area contributed by atoms with Crippen LogP contribution in [0.2, 0.25) is 0 Å². The van der Waals surface area contributed by atoms with Crippen LogP contribution in [0.3, 0.4) is 0 Å². The van der Waals surface area contributed by atoms with Gasteiger partial charge in [-0.25, -0.2) is 0 Å². The number of hydrogen-bond acceptors (Lipinski definition) is 1. The molecule has 2 aromatic carbocycles. The summed E-state index contributed by atoms with van der Waals surface area (Å²) in [5, 5.41) is 6.31. The molecular formula is C16H18ClN. The van der Waals surface area contributed by atoms with Crippen LogP contribution >= 0.6 is 11.6 Å². The molecule has 1 saturated carbocycles. The molecule has 0 amide bonds. The zero-order valence-electron chi connectivity index (χ0n) is 10.5. The smallest absolute Gasteiger partial charge is 0.0406 e. The van der Waals surface area contributed by atoms with E-state index in [1.165, 1.54) is 35.6 Å². The first-order valence-electron chi connectivity index (χ1n) is 6.61. The van der Waals surface area contributed by atoms with Crippen LogP contribution in [0.5, 0.6) is 0 Å². The number of hydrogen-bond donors (Lipinski definition) is 1. The van der Waals surface area contributed by atoms with E-state index in [1.54, 1.807) is 0 Å². The SMILES string of the molecule is ClCC1(NCc2cccc3ccccc23)CCC1. The summed E-state index contributed by atoms with van der Waals surface area (Å²) in [5.41, 5.74) is 1.56. The van der Waals surface area contributed by atoms with Crippen molar-refractivity contribution < 1.29 is 0 Å². The van der Waals surface area contributed by atoms with E-state index < -0.39 is 0 Å². The fourth-order valence-electron chi connectivity index (χ4n) is 2.69. The topological polar surface area (TPSA) is 12.0 Å². The molecule has 0 saturated heterocycles. The Morgan fingerprint density at radius 3 is 2.56 bits per heavy atom. The summed E-state index contributed by atoms with van der Waals surface area (Å²) in [6.45, 7) is 0.911. The monoisotopic (exact) mass is 259 g/mol. The molecular weight excluding hydrogens is 242 g/mol. The van der Waals surface area contributed by atoms with Crippen LogP contribution in [0.4, 0.5) is 0 Å². The van der Waals surface area contributed by atoms with Gasteiger partial charge in [-0.15, -0.1) is 11.6 Å². The fourth-order valence-corrected chi connectivity index (χ4v) is 3.05. The molecule has 0 aliphatic heterocycles. The zero-order chi connectivity index (χ0) is 12.4. The normalized spacial score (nSPS) is 17.6. The average molecular weight is 260 g/mol. The van der Waals surface area contributed by atoms with Crippen molar-refractivity contribution >= 4 is 22.4 Å². The molecule has 0 spiro atoms. The fraction of sp³-hybridized carbons (Fsp3) is 0.375. The number of alkyl halides is 1. The van der Waals surface area contributed by atoms with Crippen molar-refractivity contribution in [3.8, 4) is 0 Å². The van der Waals surface area contributed by atoms with Gasteiger partial charge in [0.15, 0.2) is 0 Å². The molecule has 1 nitrogen and oxygen atoms in total. The zero-order valence-corrected chi connectivity index (χ0v) is 11.2. The van der Waals surface area contributed by atoms with Gasteiger partial charge in [0.1, 0.15) is 0 Å². The van der Waals surface area contributed by atoms with Crippen LogP contribution in [0.15, 0.2) is 42.5 Å². The standard InChI is InChI=1S/C16H18ClN/c17-12-16(9-4-10-16)18-11-14-7-3-6-13-5-1-2-8-15(13)14/h1-3,5-8,18H,4,9-12H2. The first-order valence-corrected chi connectivity index (χ1v) is 7.14. The molecule has 18 heavy (non-hydrogen) atoms. The van der Waals surface area contributed by atoms with Crippen molar-refractivity contribution in [1.82, 2.24) is 5.32 Å². The molecule has 3 rings (SSSR count). The van der Waals surface area contributed by atoms with E-state index in [0.717, 1.165) is 12.4 Å². The van der Waals surface area contributed by atoms with Gasteiger partial charge in [0.2, 0.25) is 0 Å². The second-order valence-electron chi connectivity index (χ2n) is 5.26. The van der Waals surface area contributed by atoms with Crippen molar-refractivity contribution in [3.63, 3.8) is 0 Å². The first kappa shape index (κ1) is 12.0. The van der Waals surface area contributed by atoms with E-state index in [0.29, 0.717) is 0 Å². The third kappa shape index (κ3) is 2.13. The molecule has 0 atom stereocenters. The lowest BCUT2D eigenvalue weighted by Crippen LogP contribution is -2.52. The molecule has 0 radical (unpaired) electrons. The molecule has 0 unspecified atom stereocenters. The Labute approximate surface area is 113 Å². The van der Waals surface area contributed by atoms with Crippen molar-refractivity contribution in [2.75, 3.05) is 5.88 Å². The van der Waals surface area contributed by atoms with Crippen molar-refractivity contribution in [2.24, 2.45) is 0 Å². The molecule has 1 fully saturated rings. The molecule has 2 aromatic rings. The molecule has 1 aliphatic rings. The van der Waals surface area contributed by atoms with E-state index in [2.05, 4.69) is 47.8 Å². The Morgan fingerprint density at radius 1 is 1.06 bits per heavy atom. The molecule has 0 bridgehead atoms. The Bertz CT molecular complexity index is 535. The first-order chi connectivity index (χ1) is 8.83. The van der Waals surface area contributed by atoms with Crippen molar-refractivity contribution in [2.45, 2.75) is 31.3 Å². The summed E-state index contributed by atoms with van der Waals surface area (Å²) in [7, 11) is 0.